The van der Waals surface area contributed by atoms with E-state index in [1.807, 2.05) is 6.92 Å². The number of alkyl halides is 5. The molecule has 0 radical (unpaired) electrons. The summed E-state index contributed by atoms with van der Waals surface area (Å²) in [7, 11) is 0. The van der Waals surface area contributed by atoms with Crippen LogP contribution in [-0.2, 0) is 9.53 Å². The molecule has 0 rings (SSSR count). The van der Waals surface area contributed by atoms with E-state index in [0.29, 0.717) is 6.42 Å². The predicted octanol–water partition coefficient (Wildman–Crippen LogP) is 4.72. The van der Waals surface area contributed by atoms with Gasteiger partial charge < -0.3 is 4.74 Å². The molecular weight excluding hydrogens is 283 g/mol. The van der Waals surface area contributed by atoms with E-state index >= 15 is 0 Å². The Bertz CT molecular complexity index is 310. The molecule has 0 heterocycles. The molecule has 0 N–H and O–H groups in total. The third kappa shape index (κ3) is 8.32. The first-order chi connectivity index (χ1) is 8.90. The molecule has 0 saturated heterocycles. The molecule has 0 aliphatic carbocycles. The number of carbonyl (C=O) groups excluding carboxylic acids is 1. The van der Waals surface area contributed by atoms with Crippen molar-refractivity contribution in [3.63, 3.8) is 0 Å². The number of halogens is 5. The summed E-state index contributed by atoms with van der Waals surface area (Å²) < 4.78 is 66.3. The topological polar surface area (TPSA) is 26.3 Å². The van der Waals surface area contributed by atoms with Gasteiger partial charge in [0.05, 0.1) is 12.0 Å². The van der Waals surface area contributed by atoms with Gasteiger partial charge in [0.1, 0.15) is 6.42 Å². The SMILES string of the molecule is CCC(C)(C)C(=O)OCCCCC(F)(F)CC(F)(F)F. The molecule has 0 aliphatic rings. The summed E-state index contributed by atoms with van der Waals surface area (Å²) in [4.78, 5) is 11.5. The number of rotatable bonds is 8. The number of esters is 1. The largest absolute Gasteiger partial charge is 0.465 e. The fourth-order valence-electron chi connectivity index (χ4n) is 1.37. The summed E-state index contributed by atoms with van der Waals surface area (Å²) in [5.74, 6) is -4.19. The third-order valence-electron chi connectivity index (χ3n) is 3.07. The monoisotopic (exact) mass is 304 g/mol. The van der Waals surface area contributed by atoms with Crippen molar-refractivity contribution in [1.82, 2.24) is 0 Å². The van der Waals surface area contributed by atoms with Gasteiger partial charge in [-0.05, 0) is 33.1 Å². The summed E-state index contributed by atoms with van der Waals surface area (Å²) in [6.07, 6.45) is -7.26. The highest BCUT2D eigenvalue weighted by molar-refractivity contribution is 5.75. The second kappa shape index (κ2) is 7.22. The van der Waals surface area contributed by atoms with E-state index in [2.05, 4.69) is 0 Å². The van der Waals surface area contributed by atoms with Crippen LogP contribution in [0.5, 0.6) is 0 Å². The van der Waals surface area contributed by atoms with Crippen LogP contribution in [0.3, 0.4) is 0 Å². The zero-order valence-electron chi connectivity index (χ0n) is 11.9. The summed E-state index contributed by atoms with van der Waals surface area (Å²) in [5, 5.41) is 0. The van der Waals surface area contributed by atoms with Crippen LogP contribution in [0, 0.1) is 5.41 Å². The maximum absolute atomic E-state index is 12.9. The molecule has 0 unspecified atom stereocenters. The van der Waals surface area contributed by atoms with Gasteiger partial charge in [-0.3, -0.25) is 4.79 Å². The fourth-order valence-corrected chi connectivity index (χ4v) is 1.37. The molecule has 20 heavy (non-hydrogen) atoms. The van der Waals surface area contributed by atoms with Crippen LogP contribution in [0.4, 0.5) is 22.0 Å². The van der Waals surface area contributed by atoms with Gasteiger partial charge in [0.25, 0.3) is 5.92 Å². The van der Waals surface area contributed by atoms with Gasteiger partial charge in [-0.2, -0.15) is 13.2 Å². The fraction of sp³-hybridized carbons (Fsp3) is 0.923. The lowest BCUT2D eigenvalue weighted by molar-refractivity contribution is -0.189. The Morgan fingerprint density at radius 2 is 1.60 bits per heavy atom. The van der Waals surface area contributed by atoms with Gasteiger partial charge in [-0.25, -0.2) is 8.78 Å². The Morgan fingerprint density at radius 1 is 1.05 bits per heavy atom. The highest BCUT2D eigenvalue weighted by Gasteiger charge is 2.42. The molecule has 0 bridgehead atoms. The molecule has 2 nitrogen and oxygen atoms in total. The molecule has 0 aromatic carbocycles. The number of hydrogen-bond donors (Lipinski definition) is 0. The zero-order chi connectivity index (χ0) is 16.0. The molecule has 0 fully saturated rings. The average molecular weight is 304 g/mol. The van der Waals surface area contributed by atoms with E-state index in [0.717, 1.165) is 0 Å². The van der Waals surface area contributed by atoms with Gasteiger partial charge in [-0.15, -0.1) is 0 Å². The molecule has 0 atom stereocenters. The summed E-state index contributed by atoms with van der Waals surface area (Å²) in [5.41, 5.74) is -0.639. The Labute approximate surface area is 115 Å². The van der Waals surface area contributed by atoms with Crippen molar-refractivity contribution in [2.24, 2.45) is 5.41 Å². The number of unbranched alkanes of at least 4 members (excludes halogenated alkanes) is 1. The zero-order valence-corrected chi connectivity index (χ0v) is 11.9. The first-order valence-electron chi connectivity index (χ1n) is 6.51. The minimum absolute atomic E-state index is 0.0512. The van der Waals surface area contributed by atoms with Gasteiger partial charge >= 0.3 is 12.1 Å². The first kappa shape index (κ1) is 19.1. The molecule has 0 aromatic rings. The van der Waals surface area contributed by atoms with Crippen LogP contribution in [0.15, 0.2) is 0 Å². The Kier molecular flexibility index (Phi) is 6.90. The second-order valence-electron chi connectivity index (χ2n) is 5.48. The van der Waals surface area contributed by atoms with Crippen molar-refractivity contribution in [2.75, 3.05) is 6.61 Å². The molecule has 0 saturated carbocycles. The smallest absolute Gasteiger partial charge is 0.394 e. The van der Waals surface area contributed by atoms with Crippen molar-refractivity contribution < 1.29 is 31.5 Å². The molecule has 0 aromatic heterocycles. The molecule has 120 valence electrons. The minimum Gasteiger partial charge on any atom is -0.465 e. The summed E-state index contributed by atoms with van der Waals surface area (Å²) in [6.45, 7) is 5.17. The van der Waals surface area contributed by atoms with Crippen molar-refractivity contribution >= 4 is 5.97 Å². The number of hydrogen-bond acceptors (Lipinski definition) is 2. The van der Waals surface area contributed by atoms with Crippen LogP contribution >= 0.6 is 0 Å². The minimum atomic E-state index is -4.87. The van der Waals surface area contributed by atoms with Crippen LogP contribution < -0.4 is 0 Å². The van der Waals surface area contributed by atoms with E-state index in [1.54, 1.807) is 13.8 Å². The Hall–Kier alpha value is -0.880. The standard InChI is InChI=1S/C13H21F5O2/c1-4-11(2,3)10(19)20-8-6-5-7-12(14,15)9-13(16,17)18/h4-9H2,1-3H3. The van der Waals surface area contributed by atoms with Crippen molar-refractivity contribution in [1.29, 1.82) is 0 Å². The molecule has 7 heteroatoms. The lowest BCUT2D eigenvalue weighted by atomic mass is 9.91. The molecular formula is C13H21F5O2. The van der Waals surface area contributed by atoms with Crippen LogP contribution in [0.2, 0.25) is 0 Å². The molecule has 0 amide bonds. The first-order valence-corrected chi connectivity index (χ1v) is 6.51. The number of ether oxygens (including phenoxy) is 1. The molecule has 0 spiro atoms. The molecule has 0 aliphatic heterocycles. The highest BCUT2D eigenvalue weighted by Crippen LogP contribution is 2.34. The van der Waals surface area contributed by atoms with E-state index in [9.17, 15) is 26.7 Å². The quantitative estimate of drug-likeness (QED) is 0.368. The summed E-state index contributed by atoms with van der Waals surface area (Å²) in [6, 6.07) is 0. The van der Waals surface area contributed by atoms with Crippen LogP contribution in [0.25, 0.3) is 0 Å². The number of carbonyl (C=O) groups is 1. The van der Waals surface area contributed by atoms with Gasteiger partial charge in [-0.1, -0.05) is 6.92 Å². The van der Waals surface area contributed by atoms with Crippen LogP contribution in [-0.4, -0.2) is 24.7 Å². The van der Waals surface area contributed by atoms with Gasteiger partial charge in [0.2, 0.25) is 0 Å². The maximum Gasteiger partial charge on any atom is 0.394 e. The van der Waals surface area contributed by atoms with Crippen molar-refractivity contribution in [3.8, 4) is 0 Å². The van der Waals surface area contributed by atoms with Gasteiger partial charge in [0, 0.05) is 6.42 Å². The maximum atomic E-state index is 12.9. The Balaban J connectivity index is 3.90. The summed E-state index contributed by atoms with van der Waals surface area (Å²) >= 11 is 0. The normalized spacial score (nSPS) is 13.4. The van der Waals surface area contributed by atoms with Gasteiger partial charge in [0.15, 0.2) is 0 Å². The van der Waals surface area contributed by atoms with E-state index in [4.69, 9.17) is 4.74 Å². The van der Waals surface area contributed by atoms with E-state index in [-0.39, 0.29) is 19.4 Å². The van der Waals surface area contributed by atoms with E-state index in [1.165, 1.54) is 0 Å². The lowest BCUT2D eigenvalue weighted by Crippen LogP contribution is -2.27. The second-order valence-corrected chi connectivity index (χ2v) is 5.48. The van der Waals surface area contributed by atoms with Crippen molar-refractivity contribution in [3.05, 3.63) is 0 Å². The van der Waals surface area contributed by atoms with Crippen LogP contribution in [0.1, 0.15) is 52.9 Å². The van der Waals surface area contributed by atoms with Crippen molar-refractivity contribution in [2.45, 2.75) is 65.0 Å². The lowest BCUT2D eigenvalue weighted by Gasteiger charge is -2.21. The van der Waals surface area contributed by atoms with E-state index < -0.39 is 36.3 Å². The Morgan fingerprint density at radius 3 is 2.05 bits per heavy atom. The highest BCUT2D eigenvalue weighted by atomic mass is 19.4. The predicted molar refractivity (Wildman–Crippen MR) is 64.5 cm³/mol. The average Bonchev–Trinajstić information content (AvgIpc) is 2.24. The third-order valence-corrected chi connectivity index (χ3v) is 3.07.